The summed E-state index contributed by atoms with van der Waals surface area (Å²) >= 11 is 1.67. The number of aliphatic carboxylic acids is 1. The molecule has 0 heterocycles. The van der Waals surface area contributed by atoms with Crippen LogP contribution in [-0.2, 0) is 11.2 Å². The summed E-state index contributed by atoms with van der Waals surface area (Å²) in [7, 11) is 0. The van der Waals surface area contributed by atoms with Crippen LogP contribution in [0.1, 0.15) is 67.6 Å². The maximum Gasteiger partial charge on any atom is 0.303 e. The molecule has 0 bridgehead atoms. The Morgan fingerprint density at radius 2 is 1.79 bits per heavy atom. The molecule has 0 saturated carbocycles. The third kappa shape index (κ3) is 8.98. The number of aliphatic hydroxyl groups is 1. The first-order chi connectivity index (χ1) is 15.2. The zero-order valence-electron chi connectivity index (χ0n) is 19.8. The van der Waals surface area contributed by atoms with Gasteiger partial charge in [0.2, 0.25) is 0 Å². The van der Waals surface area contributed by atoms with Crippen molar-refractivity contribution in [2.45, 2.75) is 57.5 Å². The summed E-state index contributed by atoms with van der Waals surface area (Å²) in [5, 5.41) is 29.6. The van der Waals surface area contributed by atoms with Crippen LogP contribution in [0.3, 0.4) is 0 Å². The van der Waals surface area contributed by atoms with Gasteiger partial charge in [-0.2, -0.15) is 0 Å². The molecule has 1 radical (unpaired) electrons. The average molecular weight is 484 g/mol. The molecule has 8 heteroatoms. The first-order valence-corrected chi connectivity index (χ1v) is 11.8. The number of aliphatic hydroxyl groups excluding tert-OH is 1. The molecule has 0 aliphatic heterocycles. The molecule has 3 N–H and O–H groups in total. The van der Waals surface area contributed by atoms with Crippen molar-refractivity contribution in [2.75, 3.05) is 12.4 Å². The number of ketones is 1. The monoisotopic (exact) mass is 483 g/mol. The first kappa shape index (κ1) is 29.5. The van der Waals surface area contributed by atoms with E-state index in [0.29, 0.717) is 35.5 Å². The van der Waals surface area contributed by atoms with Crippen LogP contribution < -0.4 is 4.74 Å². The van der Waals surface area contributed by atoms with Crippen molar-refractivity contribution >= 4 is 53.1 Å². The number of carboxylic acids is 1. The molecule has 0 saturated heterocycles. The van der Waals surface area contributed by atoms with Crippen LogP contribution in [0.4, 0.5) is 0 Å². The van der Waals surface area contributed by atoms with Crippen LogP contribution in [0.15, 0.2) is 41.3 Å². The van der Waals surface area contributed by atoms with E-state index in [-0.39, 0.29) is 53.4 Å². The zero-order valence-corrected chi connectivity index (χ0v) is 22.7. The Labute approximate surface area is 222 Å². The van der Waals surface area contributed by atoms with Crippen LogP contribution >= 0.6 is 11.8 Å². The van der Waals surface area contributed by atoms with Gasteiger partial charge in [0, 0.05) is 45.8 Å². The van der Waals surface area contributed by atoms with Gasteiger partial charge in [0.15, 0.2) is 5.78 Å². The van der Waals surface area contributed by atoms with Gasteiger partial charge in [0.25, 0.3) is 0 Å². The van der Waals surface area contributed by atoms with Crippen molar-refractivity contribution in [3.63, 3.8) is 0 Å². The molecule has 175 valence electrons. The molecule has 2 aromatic rings. The second-order valence-corrected chi connectivity index (χ2v) is 9.05. The quantitative estimate of drug-likeness (QED) is 0.162. The number of Topliss-reactive ketones (excluding diaryl/α,β-unsaturated/α-hetero) is 1. The van der Waals surface area contributed by atoms with Gasteiger partial charge in [0.05, 0.1) is 24.7 Å². The van der Waals surface area contributed by atoms with Crippen LogP contribution in [0.5, 0.6) is 11.5 Å². The molecule has 2 atom stereocenters. The Balaban J connectivity index is 0.00000544. The van der Waals surface area contributed by atoms with Gasteiger partial charge in [-0.3, -0.25) is 9.59 Å². The van der Waals surface area contributed by atoms with Gasteiger partial charge < -0.3 is 20.1 Å². The summed E-state index contributed by atoms with van der Waals surface area (Å²) in [6.07, 6.45) is 1.39. The fourth-order valence-electron chi connectivity index (χ4n) is 3.44. The molecule has 0 spiro atoms. The Morgan fingerprint density at radius 1 is 1.12 bits per heavy atom. The number of phenolic OH excluding ortho intramolecular Hbond substituents is 1. The summed E-state index contributed by atoms with van der Waals surface area (Å²) in [5.41, 5.74) is 1.71. The molecular weight excluding hydrogens is 451 g/mol. The Bertz CT molecular complexity index is 916. The third-order valence-corrected chi connectivity index (χ3v) is 6.29. The number of ether oxygens (including phenoxy) is 1. The number of carboxylic acid groups (broad SMARTS) is 1. The van der Waals surface area contributed by atoms with Crippen molar-refractivity contribution in [1.82, 2.24) is 0 Å². The van der Waals surface area contributed by atoms with E-state index in [0.717, 1.165) is 23.5 Å². The topological polar surface area (TPSA) is 104 Å². The molecule has 6 nitrogen and oxygen atoms in total. The van der Waals surface area contributed by atoms with Crippen molar-refractivity contribution in [3.8, 4) is 11.5 Å². The molecule has 0 amide bonds. The van der Waals surface area contributed by atoms with E-state index in [4.69, 9.17) is 9.84 Å². The van der Waals surface area contributed by atoms with E-state index in [1.165, 1.54) is 6.92 Å². The second kappa shape index (κ2) is 14.7. The fraction of sp³-hybridized carbons (Fsp3) is 0.440. The standard InChI is InChI=1S/C25H32O6S.Na/c1-4-6-21-22(12-11-20(17(3)26)25(21)30)31-13-5-14-32-19-9-7-18(8-10-19)24(29)16(2)15-23(27)28;/h7-12,16,24,29-30H,4-6,13-15H2,1-3H3,(H,27,28);/t16-,24+;/m0./s1. The van der Waals surface area contributed by atoms with Crippen molar-refractivity contribution in [1.29, 1.82) is 0 Å². The van der Waals surface area contributed by atoms with E-state index >= 15 is 0 Å². The molecule has 0 aromatic heterocycles. The van der Waals surface area contributed by atoms with Gasteiger partial charge in [-0.15, -0.1) is 11.8 Å². The van der Waals surface area contributed by atoms with E-state index in [2.05, 4.69) is 0 Å². The Hall–Kier alpha value is -1.51. The molecule has 0 fully saturated rings. The van der Waals surface area contributed by atoms with Crippen LogP contribution in [0.2, 0.25) is 0 Å². The van der Waals surface area contributed by atoms with Crippen LogP contribution in [-0.4, -0.2) is 69.0 Å². The summed E-state index contributed by atoms with van der Waals surface area (Å²) in [4.78, 5) is 23.5. The predicted molar refractivity (Wildman–Crippen MR) is 132 cm³/mol. The molecular formula is C25H32NaO6S. The Kier molecular flexibility index (Phi) is 13.1. The Morgan fingerprint density at radius 3 is 2.36 bits per heavy atom. The summed E-state index contributed by atoms with van der Waals surface area (Å²) in [5.74, 6) is 0.0253. The van der Waals surface area contributed by atoms with Crippen LogP contribution in [0.25, 0.3) is 0 Å². The average Bonchev–Trinajstić information content (AvgIpc) is 2.75. The van der Waals surface area contributed by atoms with Gasteiger partial charge in [0.1, 0.15) is 11.5 Å². The molecule has 0 aliphatic carbocycles. The molecule has 2 rings (SSSR count). The van der Waals surface area contributed by atoms with Crippen molar-refractivity contribution in [3.05, 3.63) is 53.1 Å². The summed E-state index contributed by atoms with van der Waals surface area (Å²) in [6, 6.07) is 10.9. The maximum absolute atomic E-state index is 11.7. The number of carbonyl (C=O) groups excluding carboxylic acids is 1. The number of hydrogen-bond acceptors (Lipinski definition) is 6. The second-order valence-electron chi connectivity index (χ2n) is 7.88. The molecule has 2 aromatic carbocycles. The van der Waals surface area contributed by atoms with E-state index in [9.17, 15) is 19.8 Å². The third-order valence-electron chi connectivity index (χ3n) is 5.19. The number of phenols is 1. The first-order valence-electron chi connectivity index (χ1n) is 10.9. The number of rotatable bonds is 13. The number of aromatic hydroxyl groups is 1. The summed E-state index contributed by atoms with van der Waals surface area (Å²) < 4.78 is 5.89. The number of hydrogen-bond donors (Lipinski definition) is 3. The largest absolute Gasteiger partial charge is 0.507 e. The number of carbonyl (C=O) groups is 2. The minimum absolute atomic E-state index is 0. The number of thioether (sulfide) groups is 1. The fourth-order valence-corrected chi connectivity index (χ4v) is 4.26. The van der Waals surface area contributed by atoms with Crippen molar-refractivity contribution in [2.24, 2.45) is 5.92 Å². The van der Waals surface area contributed by atoms with E-state index in [1.54, 1.807) is 30.8 Å². The smallest absolute Gasteiger partial charge is 0.303 e. The van der Waals surface area contributed by atoms with Gasteiger partial charge in [-0.25, -0.2) is 0 Å². The number of benzene rings is 2. The van der Waals surface area contributed by atoms with E-state index < -0.39 is 12.1 Å². The van der Waals surface area contributed by atoms with E-state index in [1.807, 2.05) is 31.2 Å². The molecule has 0 aliphatic rings. The summed E-state index contributed by atoms with van der Waals surface area (Å²) in [6.45, 7) is 5.66. The van der Waals surface area contributed by atoms with Crippen LogP contribution in [0, 0.1) is 5.92 Å². The predicted octanol–water partition coefficient (Wildman–Crippen LogP) is 4.87. The van der Waals surface area contributed by atoms with Gasteiger partial charge in [-0.05, 0) is 55.5 Å². The molecule has 33 heavy (non-hydrogen) atoms. The van der Waals surface area contributed by atoms with Gasteiger partial charge >= 0.3 is 5.97 Å². The maximum atomic E-state index is 11.7. The van der Waals surface area contributed by atoms with Crippen molar-refractivity contribution < 1.29 is 29.6 Å². The zero-order chi connectivity index (χ0) is 23.7. The normalized spacial score (nSPS) is 12.5. The molecule has 0 unspecified atom stereocenters. The van der Waals surface area contributed by atoms with Gasteiger partial charge in [-0.1, -0.05) is 32.4 Å². The minimum Gasteiger partial charge on any atom is -0.507 e. The SMILES string of the molecule is CCCc1c(OCCCSc2ccc([C@H](O)[C@@H](C)CC(=O)O)cc2)ccc(C(C)=O)c1O.[Na]. The minimum atomic E-state index is -0.919.